The average molecular weight is 421 g/mol. The lowest BCUT2D eigenvalue weighted by Crippen LogP contribution is -2.29. The molecule has 0 bridgehead atoms. The summed E-state index contributed by atoms with van der Waals surface area (Å²) in [4.78, 5) is 50.6. The third-order valence-corrected chi connectivity index (χ3v) is 4.71. The molecule has 0 saturated heterocycles. The zero-order valence-corrected chi connectivity index (χ0v) is 15.8. The van der Waals surface area contributed by atoms with Crippen molar-refractivity contribution in [2.24, 2.45) is 0 Å². The quantitative estimate of drug-likeness (QED) is 0.356. The van der Waals surface area contributed by atoms with E-state index in [0.717, 1.165) is 29.2 Å². The predicted octanol–water partition coefficient (Wildman–Crippen LogP) is 3.81. The summed E-state index contributed by atoms with van der Waals surface area (Å²) in [5, 5.41) is 0. The van der Waals surface area contributed by atoms with Crippen molar-refractivity contribution in [1.29, 1.82) is 0 Å². The van der Waals surface area contributed by atoms with Crippen LogP contribution in [-0.2, 0) is 4.74 Å². The van der Waals surface area contributed by atoms with Crippen LogP contribution in [0.2, 0.25) is 0 Å². The third-order valence-electron chi connectivity index (χ3n) is 4.71. The number of ether oxygens (including phenoxy) is 1. The smallest absolute Gasteiger partial charge is 0.338 e. The summed E-state index contributed by atoms with van der Waals surface area (Å²) in [6.45, 7) is -0.573. The lowest BCUT2D eigenvalue weighted by molar-refractivity contribution is 0.0474. The molecule has 0 spiro atoms. The van der Waals surface area contributed by atoms with Crippen LogP contribution in [0.3, 0.4) is 0 Å². The van der Waals surface area contributed by atoms with Gasteiger partial charge < -0.3 is 4.74 Å². The molecule has 3 aromatic carbocycles. The molecule has 0 saturated carbocycles. The van der Waals surface area contributed by atoms with Crippen LogP contribution in [0.5, 0.6) is 0 Å². The van der Waals surface area contributed by atoms with Gasteiger partial charge in [-0.1, -0.05) is 0 Å². The van der Waals surface area contributed by atoms with Gasteiger partial charge in [-0.05, 0) is 66.7 Å². The number of hydrogen-bond acceptors (Lipinski definition) is 5. The van der Waals surface area contributed by atoms with E-state index in [1.54, 1.807) is 0 Å². The predicted molar refractivity (Wildman–Crippen MR) is 105 cm³/mol. The van der Waals surface area contributed by atoms with Crippen molar-refractivity contribution in [3.63, 3.8) is 0 Å². The van der Waals surface area contributed by atoms with Crippen LogP contribution in [0, 0.1) is 11.6 Å². The van der Waals surface area contributed by atoms with Crippen molar-refractivity contribution in [2.75, 3.05) is 11.5 Å². The molecule has 1 heterocycles. The molecular weight excluding hydrogens is 408 g/mol. The van der Waals surface area contributed by atoms with Crippen molar-refractivity contribution in [3.8, 4) is 0 Å². The van der Waals surface area contributed by atoms with Gasteiger partial charge in [-0.15, -0.1) is 0 Å². The number of fused-ring (bicyclic) bond motifs is 1. The summed E-state index contributed by atoms with van der Waals surface area (Å²) in [6.07, 6.45) is 0. The first-order valence-corrected chi connectivity index (χ1v) is 9.09. The Labute approximate surface area is 174 Å². The van der Waals surface area contributed by atoms with Gasteiger partial charge in [0.15, 0.2) is 12.4 Å². The summed E-state index contributed by atoms with van der Waals surface area (Å²) in [6, 6.07) is 13.5. The molecule has 8 heteroatoms. The van der Waals surface area contributed by atoms with Crippen molar-refractivity contribution in [2.45, 2.75) is 0 Å². The SMILES string of the molecule is O=C(COC(=O)c1ccc2c(c1)C(=O)N(c1ccc(F)cc1)C2=O)c1ccc(F)cc1. The van der Waals surface area contributed by atoms with E-state index in [1.807, 2.05) is 0 Å². The Kier molecular flexibility index (Phi) is 5.12. The molecule has 6 nitrogen and oxygen atoms in total. The zero-order chi connectivity index (χ0) is 22.1. The molecule has 0 atom stereocenters. The maximum Gasteiger partial charge on any atom is 0.338 e. The molecule has 0 N–H and O–H groups in total. The maximum atomic E-state index is 13.1. The Morgan fingerprint density at radius 3 is 1.94 bits per heavy atom. The highest BCUT2D eigenvalue weighted by molar-refractivity contribution is 6.34. The second kappa shape index (κ2) is 7.91. The van der Waals surface area contributed by atoms with Crippen molar-refractivity contribution in [1.82, 2.24) is 0 Å². The zero-order valence-electron chi connectivity index (χ0n) is 15.8. The molecule has 154 valence electrons. The Balaban J connectivity index is 1.50. The Morgan fingerprint density at radius 2 is 1.29 bits per heavy atom. The highest BCUT2D eigenvalue weighted by Crippen LogP contribution is 2.29. The van der Waals surface area contributed by atoms with Gasteiger partial charge in [0.05, 0.1) is 22.4 Å². The van der Waals surface area contributed by atoms with Gasteiger partial charge in [0.25, 0.3) is 11.8 Å². The van der Waals surface area contributed by atoms with Crippen LogP contribution in [0.4, 0.5) is 14.5 Å². The van der Waals surface area contributed by atoms with Gasteiger partial charge in [-0.2, -0.15) is 0 Å². The molecule has 0 aromatic heterocycles. The van der Waals surface area contributed by atoms with Crippen molar-refractivity contribution in [3.05, 3.63) is 101 Å². The number of benzene rings is 3. The normalized spacial score (nSPS) is 12.6. The molecule has 3 aromatic rings. The molecular formula is C23H13F2NO5. The minimum atomic E-state index is -0.862. The second-order valence-corrected chi connectivity index (χ2v) is 6.69. The first-order valence-electron chi connectivity index (χ1n) is 9.09. The first kappa shape index (κ1) is 20.1. The van der Waals surface area contributed by atoms with Gasteiger partial charge in [-0.25, -0.2) is 18.5 Å². The minimum absolute atomic E-state index is 0.00589. The van der Waals surface area contributed by atoms with Crippen LogP contribution in [0.15, 0.2) is 66.7 Å². The highest BCUT2D eigenvalue weighted by atomic mass is 19.1. The summed E-state index contributed by atoms with van der Waals surface area (Å²) in [5.74, 6) is -3.66. The van der Waals surface area contributed by atoms with E-state index in [1.165, 1.54) is 42.5 Å². The molecule has 2 amide bonds. The topological polar surface area (TPSA) is 80.8 Å². The largest absolute Gasteiger partial charge is 0.454 e. The molecule has 4 rings (SSSR count). The van der Waals surface area contributed by atoms with Gasteiger partial charge >= 0.3 is 5.97 Å². The number of ketones is 1. The fourth-order valence-corrected chi connectivity index (χ4v) is 3.13. The molecule has 0 radical (unpaired) electrons. The number of carbonyl (C=O) groups excluding carboxylic acids is 4. The van der Waals surface area contributed by atoms with E-state index < -0.39 is 41.8 Å². The molecule has 31 heavy (non-hydrogen) atoms. The molecule has 1 aliphatic rings. The monoisotopic (exact) mass is 421 g/mol. The number of nitrogens with zero attached hydrogens (tertiary/aromatic N) is 1. The fraction of sp³-hybridized carbons (Fsp3) is 0.0435. The van der Waals surface area contributed by atoms with Crippen LogP contribution < -0.4 is 4.90 Å². The maximum absolute atomic E-state index is 13.1. The lowest BCUT2D eigenvalue weighted by atomic mass is 10.1. The average Bonchev–Trinajstić information content (AvgIpc) is 3.02. The standard InChI is InChI=1S/C23H13F2NO5/c24-15-4-1-13(2-5-15)20(27)12-31-23(30)14-3-10-18-19(11-14)22(29)26(21(18)28)17-8-6-16(25)7-9-17/h1-11H,12H2. The van der Waals surface area contributed by atoms with Gasteiger partial charge in [0.1, 0.15) is 11.6 Å². The molecule has 1 aliphatic heterocycles. The summed E-state index contributed by atoms with van der Waals surface area (Å²) >= 11 is 0. The van der Waals surface area contributed by atoms with E-state index in [9.17, 15) is 28.0 Å². The first-order chi connectivity index (χ1) is 14.8. The summed E-state index contributed by atoms with van der Waals surface area (Å²) in [5.41, 5.74) is 0.440. The van der Waals surface area contributed by atoms with E-state index in [2.05, 4.69) is 0 Å². The molecule has 0 unspecified atom stereocenters. The Hall–Kier alpha value is -4.20. The number of rotatable bonds is 5. The lowest BCUT2D eigenvalue weighted by Gasteiger charge is -2.13. The highest BCUT2D eigenvalue weighted by Gasteiger charge is 2.37. The van der Waals surface area contributed by atoms with Gasteiger partial charge in [-0.3, -0.25) is 14.4 Å². The van der Waals surface area contributed by atoms with Crippen molar-refractivity contribution >= 4 is 29.3 Å². The summed E-state index contributed by atoms with van der Waals surface area (Å²) in [7, 11) is 0. The van der Waals surface area contributed by atoms with Crippen LogP contribution in [0.1, 0.15) is 41.4 Å². The third kappa shape index (κ3) is 3.83. The van der Waals surface area contributed by atoms with E-state index in [0.29, 0.717) is 0 Å². The van der Waals surface area contributed by atoms with E-state index >= 15 is 0 Å². The van der Waals surface area contributed by atoms with Gasteiger partial charge in [0, 0.05) is 5.56 Å². The number of halogens is 2. The number of Topliss-reactive ketones (excluding diaryl/α,β-unsaturated/α-hetero) is 1. The Bertz CT molecular complexity index is 1220. The van der Waals surface area contributed by atoms with Crippen LogP contribution in [0.25, 0.3) is 0 Å². The van der Waals surface area contributed by atoms with Gasteiger partial charge in [0.2, 0.25) is 0 Å². The fourth-order valence-electron chi connectivity index (χ4n) is 3.13. The Morgan fingerprint density at radius 1 is 0.742 bits per heavy atom. The number of hydrogen-bond donors (Lipinski definition) is 0. The van der Waals surface area contributed by atoms with Crippen molar-refractivity contribution < 1.29 is 32.7 Å². The summed E-state index contributed by atoms with van der Waals surface area (Å²) < 4.78 is 31.1. The van der Waals surface area contributed by atoms with Crippen LogP contribution in [-0.4, -0.2) is 30.2 Å². The molecule has 0 fully saturated rings. The van der Waals surface area contributed by atoms with Crippen LogP contribution >= 0.6 is 0 Å². The second-order valence-electron chi connectivity index (χ2n) is 6.69. The number of imide groups is 1. The number of anilines is 1. The molecule has 0 aliphatic carbocycles. The minimum Gasteiger partial charge on any atom is -0.454 e. The number of esters is 1. The number of carbonyl (C=O) groups is 4. The number of amides is 2. The van der Waals surface area contributed by atoms with E-state index in [4.69, 9.17) is 4.74 Å². The van der Waals surface area contributed by atoms with E-state index in [-0.39, 0.29) is 27.9 Å².